The molecule has 2 aromatic rings. The normalized spacial score (nSPS) is 15.2. The van der Waals surface area contributed by atoms with E-state index in [9.17, 15) is 18.0 Å². The molecule has 2 amide bonds. The first-order valence-corrected chi connectivity index (χ1v) is 12.3. The van der Waals surface area contributed by atoms with Crippen LogP contribution in [-0.2, 0) is 19.6 Å². The number of ether oxygens (including phenoxy) is 1. The van der Waals surface area contributed by atoms with E-state index < -0.39 is 22.0 Å². The Morgan fingerprint density at radius 1 is 1.09 bits per heavy atom. The third-order valence-corrected chi connectivity index (χ3v) is 6.63. The standard InChI is InChI=1S/C23H29N3O5S/c1-16-9-10-17(2)21(15-16)26(32(4,29)30)18(3)22(27)24-20-8-6-5-7-19(20)23(28)25-11-13-31-14-12-25/h5-10,15,18H,11-14H2,1-4H3,(H,24,27). The Labute approximate surface area is 189 Å². The summed E-state index contributed by atoms with van der Waals surface area (Å²) in [6.07, 6.45) is 1.08. The monoisotopic (exact) mass is 459 g/mol. The quantitative estimate of drug-likeness (QED) is 0.716. The zero-order valence-corrected chi connectivity index (χ0v) is 19.6. The first-order valence-electron chi connectivity index (χ1n) is 10.4. The molecule has 32 heavy (non-hydrogen) atoms. The third-order valence-electron chi connectivity index (χ3n) is 5.40. The molecule has 0 saturated carbocycles. The number of nitrogens with one attached hydrogen (secondary N) is 1. The molecule has 0 aromatic heterocycles. The minimum absolute atomic E-state index is 0.202. The van der Waals surface area contributed by atoms with E-state index in [1.165, 1.54) is 6.92 Å². The van der Waals surface area contributed by atoms with E-state index in [4.69, 9.17) is 4.74 Å². The van der Waals surface area contributed by atoms with Gasteiger partial charge in [0.25, 0.3) is 5.91 Å². The number of aryl methyl sites for hydroxylation is 2. The zero-order valence-electron chi connectivity index (χ0n) is 18.8. The van der Waals surface area contributed by atoms with Gasteiger partial charge in [-0.25, -0.2) is 8.42 Å². The lowest BCUT2D eigenvalue weighted by Gasteiger charge is -2.30. The molecular formula is C23H29N3O5S. The van der Waals surface area contributed by atoms with E-state index >= 15 is 0 Å². The molecule has 0 bridgehead atoms. The van der Waals surface area contributed by atoms with Gasteiger partial charge < -0.3 is 15.0 Å². The fourth-order valence-corrected chi connectivity index (χ4v) is 4.91. The zero-order chi connectivity index (χ0) is 23.5. The molecule has 1 heterocycles. The molecule has 0 aliphatic carbocycles. The maximum absolute atomic E-state index is 13.2. The Bertz CT molecular complexity index is 1110. The molecule has 1 aliphatic heterocycles. The summed E-state index contributed by atoms with van der Waals surface area (Å²) in [6.45, 7) is 7.09. The minimum atomic E-state index is -3.75. The number of benzene rings is 2. The molecule has 1 unspecified atom stereocenters. The smallest absolute Gasteiger partial charge is 0.256 e. The van der Waals surface area contributed by atoms with Gasteiger partial charge in [-0.3, -0.25) is 13.9 Å². The molecule has 1 fully saturated rings. The van der Waals surface area contributed by atoms with Crippen LogP contribution in [0.4, 0.5) is 11.4 Å². The van der Waals surface area contributed by atoms with Crippen LogP contribution in [0.1, 0.15) is 28.4 Å². The number of rotatable bonds is 6. The van der Waals surface area contributed by atoms with Crippen LogP contribution in [-0.4, -0.2) is 63.7 Å². The van der Waals surface area contributed by atoms with Crippen molar-refractivity contribution >= 4 is 33.2 Å². The van der Waals surface area contributed by atoms with Crippen LogP contribution in [0.3, 0.4) is 0 Å². The molecule has 1 saturated heterocycles. The van der Waals surface area contributed by atoms with E-state index in [-0.39, 0.29) is 5.91 Å². The van der Waals surface area contributed by atoms with Crippen molar-refractivity contribution in [3.8, 4) is 0 Å². The van der Waals surface area contributed by atoms with Gasteiger partial charge in [-0.05, 0) is 50.1 Å². The predicted molar refractivity (Wildman–Crippen MR) is 124 cm³/mol. The van der Waals surface area contributed by atoms with Crippen molar-refractivity contribution in [1.82, 2.24) is 4.90 Å². The predicted octanol–water partition coefficient (Wildman–Crippen LogP) is 2.57. The Hall–Kier alpha value is -2.91. The van der Waals surface area contributed by atoms with Crippen molar-refractivity contribution in [3.05, 3.63) is 59.2 Å². The van der Waals surface area contributed by atoms with Crippen molar-refractivity contribution in [2.75, 3.05) is 42.2 Å². The van der Waals surface area contributed by atoms with Crippen LogP contribution in [0.2, 0.25) is 0 Å². The first-order chi connectivity index (χ1) is 15.1. The second-order valence-electron chi connectivity index (χ2n) is 7.96. The van der Waals surface area contributed by atoms with Gasteiger partial charge in [0.15, 0.2) is 0 Å². The first kappa shape index (κ1) is 23.7. The van der Waals surface area contributed by atoms with Crippen molar-refractivity contribution in [3.63, 3.8) is 0 Å². The largest absolute Gasteiger partial charge is 0.378 e. The second-order valence-corrected chi connectivity index (χ2v) is 9.82. The van der Waals surface area contributed by atoms with Crippen molar-refractivity contribution in [1.29, 1.82) is 0 Å². The summed E-state index contributed by atoms with van der Waals surface area (Å²) >= 11 is 0. The summed E-state index contributed by atoms with van der Waals surface area (Å²) in [5.41, 5.74) is 2.77. The van der Waals surface area contributed by atoms with Crippen molar-refractivity contribution in [2.24, 2.45) is 0 Å². The fraction of sp³-hybridized carbons (Fsp3) is 0.391. The lowest BCUT2D eigenvalue weighted by Crippen LogP contribution is -2.46. The fourth-order valence-electron chi connectivity index (χ4n) is 3.69. The van der Waals surface area contributed by atoms with E-state index in [0.29, 0.717) is 43.2 Å². The minimum Gasteiger partial charge on any atom is -0.378 e. The average molecular weight is 460 g/mol. The second kappa shape index (κ2) is 9.70. The average Bonchev–Trinajstić information content (AvgIpc) is 2.75. The lowest BCUT2D eigenvalue weighted by atomic mass is 10.1. The van der Waals surface area contributed by atoms with Gasteiger partial charge in [-0.1, -0.05) is 24.3 Å². The number of sulfonamides is 1. The van der Waals surface area contributed by atoms with Gasteiger partial charge in [0, 0.05) is 13.1 Å². The molecule has 172 valence electrons. The number of hydrogen-bond donors (Lipinski definition) is 1. The van der Waals surface area contributed by atoms with E-state index in [1.54, 1.807) is 42.2 Å². The summed E-state index contributed by atoms with van der Waals surface area (Å²) in [5, 5.41) is 2.76. The molecule has 8 nitrogen and oxygen atoms in total. The summed E-state index contributed by atoms with van der Waals surface area (Å²) in [7, 11) is -3.75. The highest BCUT2D eigenvalue weighted by atomic mass is 32.2. The van der Waals surface area contributed by atoms with E-state index in [1.807, 2.05) is 19.1 Å². The molecule has 0 radical (unpaired) electrons. The van der Waals surface area contributed by atoms with Crippen LogP contribution in [0.25, 0.3) is 0 Å². The number of carbonyl (C=O) groups excluding carboxylic acids is 2. The SMILES string of the molecule is Cc1ccc(C)c(N(C(C)C(=O)Nc2ccccc2C(=O)N2CCOCC2)S(C)(=O)=O)c1. The Balaban J connectivity index is 1.89. The summed E-state index contributed by atoms with van der Waals surface area (Å²) in [6, 6.07) is 11.2. The van der Waals surface area contributed by atoms with Crippen LogP contribution in [0.5, 0.6) is 0 Å². The Morgan fingerprint density at radius 3 is 2.41 bits per heavy atom. The van der Waals surface area contributed by atoms with Gasteiger partial charge in [0.1, 0.15) is 6.04 Å². The summed E-state index contributed by atoms with van der Waals surface area (Å²) in [5.74, 6) is -0.732. The van der Waals surface area contributed by atoms with E-state index in [0.717, 1.165) is 21.7 Å². The highest BCUT2D eigenvalue weighted by molar-refractivity contribution is 7.92. The molecule has 1 aliphatic rings. The molecular weight excluding hydrogens is 430 g/mol. The van der Waals surface area contributed by atoms with Crippen molar-refractivity contribution in [2.45, 2.75) is 26.8 Å². The third kappa shape index (κ3) is 5.28. The number of hydrogen-bond acceptors (Lipinski definition) is 5. The molecule has 1 atom stereocenters. The topological polar surface area (TPSA) is 96.0 Å². The van der Waals surface area contributed by atoms with Crippen LogP contribution in [0, 0.1) is 13.8 Å². The molecule has 3 rings (SSSR count). The van der Waals surface area contributed by atoms with Gasteiger partial charge in [0.2, 0.25) is 15.9 Å². The summed E-state index contributed by atoms with van der Waals surface area (Å²) < 4.78 is 31.7. The van der Waals surface area contributed by atoms with E-state index in [2.05, 4.69) is 5.32 Å². The number of nitrogens with zero attached hydrogens (tertiary/aromatic N) is 2. The molecule has 9 heteroatoms. The number of carbonyl (C=O) groups is 2. The van der Waals surface area contributed by atoms with Gasteiger partial charge in [0.05, 0.1) is 36.4 Å². The number of anilines is 2. The molecule has 2 aromatic carbocycles. The number of para-hydroxylation sites is 1. The Morgan fingerprint density at radius 2 is 1.75 bits per heavy atom. The van der Waals surface area contributed by atoms with Crippen LogP contribution < -0.4 is 9.62 Å². The van der Waals surface area contributed by atoms with Gasteiger partial charge in [-0.15, -0.1) is 0 Å². The Kier molecular flexibility index (Phi) is 7.20. The lowest BCUT2D eigenvalue weighted by molar-refractivity contribution is -0.116. The number of amides is 2. The van der Waals surface area contributed by atoms with Gasteiger partial charge in [-0.2, -0.15) is 0 Å². The van der Waals surface area contributed by atoms with Crippen LogP contribution >= 0.6 is 0 Å². The highest BCUT2D eigenvalue weighted by Crippen LogP contribution is 2.27. The van der Waals surface area contributed by atoms with Crippen LogP contribution in [0.15, 0.2) is 42.5 Å². The summed E-state index contributed by atoms with van der Waals surface area (Å²) in [4.78, 5) is 27.8. The molecule has 1 N–H and O–H groups in total. The number of morpholine rings is 1. The molecule has 0 spiro atoms. The van der Waals surface area contributed by atoms with Gasteiger partial charge >= 0.3 is 0 Å². The maximum atomic E-state index is 13.2. The maximum Gasteiger partial charge on any atom is 0.256 e. The highest BCUT2D eigenvalue weighted by Gasteiger charge is 2.31. The van der Waals surface area contributed by atoms with Crippen molar-refractivity contribution < 1.29 is 22.7 Å².